The summed E-state index contributed by atoms with van der Waals surface area (Å²) in [5, 5.41) is 8.69. The maximum Gasteiger partial charge on any atom is 0.236 e. The number of aromatic nitrogens is 3. The zero-order valence-corrected chi connectivity index (χ0v) is 19.0. The van der Waals surface area contributed by atoms with E-state index in [0.29, 0.717) is 11.0 Å². The van der Waals surface area contributed by atoms with E-state index in [4.69, 9.17) is 5.84 Å². The molecule has 7 heteroatoms. The zero-order chi connectivity index (χ0) is 21.2. The zero-order valence-electron chi connectivity index (χ0n) is 18.2. The number of carbonyl (C=O) groups excluding carboxylic acids is 1. The number of thioether (sulfide) groups is 1. The first-order valence-corrected chi connectivity index (χ1v) is 10.6. The van der Waals surface area contributed by atoms with Crippen LogP contribution in [0.25, 0.3) is 11.4 Å². The summed E-state index contributed by atoms with van der Waals surface area (Å²) in [4.78, 5) is 14.7. The lowest BCUT2D eigenvalue weighted by Crippen LogP contribution is -2.45. The molecule has 6 nitrogen and oxygen atoms in total. The van der Waals surface area contributed by atoms with E-state index in [1.807, 2.05) is 51.7 Å². The number of nitrogen functional groups attached to an aromatic ring is 1. The van der Waals surface area contributed by atoms with Gasteiger partial charge in [-0.3, -0.25) is 4.79 Å². The van der Waals surface area contributed by atoms with Gasteiger partial charge in [-0.05, 0) is 45.6 Å². The van der Waals surface area contributed by atoms with Gasteiger partial charge in [0, 0.05) is 17.6 Å². The molecule has 0 spiro atoms. The van der Waals surface area contributed by atoms with Crippen LogP contribution in [0.1, 0.15) is 61.0 Å². The van der Waals surface area contributed by atoms with E-state index >= 15 is 0 Å². The standard InChI is InChI=1S/C21H33N5OS/c1-13(2)25(14(3)4)19(27)15(5)28-20-24-23-18(26(20)22)16-9-11-17(12-10-16)21(6,7)8/h9-15H,22H2,1-8H3/t15-/m0/s1. The molecule has 1 aromatic carbocycles. The summed E-state index contributed by atoms with van der Waals surface area (Å²) < 4.78 is 1.47. The van der Waals surface area contributed by atoms with Gasteiger partial charge >= 0.3 is 0 Å². The molecule has 0 fully saturated rings. The summed E-state index contributed by atoms with van der Waals surface area (Å²) >= 11 is 1.34. The fraction of sp³-hybridized carbons (Fsp3) is 0.571. The van der Waals surface area contributed by atoms with E-state index < -0.39 is 0 Å². The molecule has 1 aromatic heterocycles. The Bertz CT molecular complexity index is 797. The van der Waals surface area contributed by atoms with Crippen LogP contribution in [0.5, 0.6) is 0 Å². The van der Waals surface area contributed by atoms with Crippen LogP contribution in [-0.4, -0.2) is 43.0 Å². The van der Waals surface area contributed by atoms with Gasteiger partial charge in [0.25, 0.3) is 0 Å². The van der Waals surface area contributed by atoms with E-state index in [1.54, 1.807) is 0 Å². The summed E-state index contributed by atoms with van der Waals surface area (Å²) in [5.41, 5.74) is 2.24. The minimum absolute atomic E-state index is 0.0779. The van der Waals surface area contributed by atoms with E-state index in [-0.39, 0.29) is 28.7 Å². The Morgan fingerprint density at radius 3 is 2.04 bits per heavy atom. The van der Waals surface area contributed by atoms with E-state index in [2.05, 4.69) is 43.1 Å². The highest BCUT2D eigenvalue weighted by molar-refractivity contribution is 8.00. The first kappa shape index (κ1) is 22.3. The van der Waals surface area contributed by atoms with Gasteiger partial charge in [-0.1, -0.05) is 56.8 Å². The maximum atomic E-state index is 12.9. The second-order valence-electron chi connectivity index (χ2n) is 8.70. The smallest absolute Gasteiger partial charge is 0.236 e. The number of benzene rings is 1. The molecule has 0 radical (unpaired) electrons. The maximum absolute atomic E-state index is 12.9. The van der Waals surface area contributed by atoms with Crippen LogP contribution in [0, 0.1) is 0 Å². The SMILES string of the molecule is CC(C)N(C(=O)[C@H](C)Sc1nnc(-c2ccc(C(C)(C)C)cc2)n1N)C(C)C. The fourth-order valence-electron chi connectivity index (χ4n) is 3.20. The van der Waals surface area contributed by atoms with Crippen molar-refractivity contribution >= 4 is 17.7 Å². The number of amides is 1. The number of carbonyl (C=O) groups is 1. The summed E-state index contributed by atoms with van der Waals surface area (Å²) in [5.74, 6) is 6.92. The Labute approximate surface area is 172 Å². The Balaban J connectivity index is 2.20. The third-order valence-electron chi connectivity index (χ3n) is 4.67. The van der Waals surface area contributed by atoms with Gasteiger partial charge in [-0.15, -0.1) is 10.2 Å². The average Bonchev–Trinajstić information content (AvgIpc) is 2.94. The van der Waals surface area contributed by atoms with Crippen molar-refractivity contribution in [3.05, 3.63) is 29.8 Å². The van der Waals surface area contributed by atoms with Crippen molar-refractivity contribution in [3.8, 4) is 11.4 Å². The summed E-state index contributed by atoms with van der Waals surface area (Å²) in [6.45, 7) is 16.5. The average molecular weight is 404 g/mol. The first-order valence-electron chi connectivity index (χ1n) is 9.73. The molecule has 0 saturated carbocycles. The number of rotatable bonds is 6. The monoisotopic (exact) mass is 403 g/mol. The Hall–Kier alpha value is -2.02. The fourth-order valence-corrected chi connectivity index (χ4v) is 4.02. The van der Waals surface area contributed by atoms with Crippen LogP contribution in [0.3, 0.4) is 0 Å². The van der Waals surface area contributed by atoms with Gasteiger partial charge in [-0.2, -0.15) is 0 Å². The minimum atomic E-state index is -0.299. The Morgan fingerprint density at radius 1 is 1.04 bits per heavy atom. The molecule has 0 aliphatic carbocycles. The lowest BCUT2D eigenvalue weighted by atomic mass is 9.87. The molecule has 28 heavy (non-hydrogen) atoms. The highest BCUT2D eigenvalue weighted by Gasteiger charge is 2.27. The largest absolute Gasteiger partial charge is 0.337 e. The molecular weight excluding hydrogens is 370 g/mol. The molecule has 154 valence electrons. The van der Waals surface area contributed by atoms with Gasteiger partial charge < -0.3 is 10.7 Å². The van der Waals surface area contributed by atoms with E-state index in [1.165, 1.54) is 22.0 Å². The first-order chi connectivity index (χ1) is 12.9. The molecule has 2 N–H and O–H groups in total. The molecular formula is C21H33N5OS. The number of nitrogens with zero attached hydrogens (tertiary/aromatic N) is 4. The van der Waals surface area contributed by atoms with E-state index in [0.717, 1.165) is 5.56 Å². The van der Waals surface area contributed by atoms with E-state index in [9.17, 15) is 4.79 Å². The molecule has 2 rings (SSSR count). The Morgan fingerprint density at radius 2 is 1.57 bits per heavy atom. The predicted molar refractivity (Wildman–Crippen MR) is 117 cm³/mol. The molecule has 0 unspecified atom stereocenters. The predicted octanol–water partition coefficient (Wildman–Crippen LogP) is 4.08. The van der Waals surface area contributed by atoms with Crippen molar-refractivity contribution in [1.82, 2.24) is 19.8 Å². The van der Waals surface area contributed by atoms with Crippen LogP contribution < -0.4 is 5.84 Å². The second kappa shape index (κ2) is 8.55. The molecule has 0 aliphatic rings. The van der Waals surface area contributed by atoms with Crippen molar-refractivity contribution in [2.45, 2.75) is 83.3 Å². The van der Waals surface area contributed by atoms with Gasteiger partial charge in [0.1, 0.15) is 0 Å². The number of nitrogens with two attached hydrogens (primary N) is 1. The third-order valence-corrected chi connectivity index (χ3v) is 5.72. The van der Waals surface area contributed by atoms with Crippen LogP contribution >= 0.6 is 11.8 Å². The van der Waals surface area contributed by atoms with Crippen molar-refractivity contribution in [3.63, 3.8) is 0 Å². The minimum Gasteiger partial charge on any atom is -0.337 e. The molecule has 2 aromatic rings. The van der Waals surface area contributed by atoms with Crippen LogP contribution in [0.15, 0.2) is 29.4 Å². The van der Waals surface area contributed by atoms with Crippen molar-refractivity contribution in [2.24, 2.45) is 0 Å². The summed E-state index contributed by atoms with van der Waals surface area (Å²) in [6, 6.07) is 8.48. The third kappa shape index (κ3) is 4.87. The van der Waals surface area contributed by atoms with Gasteiger partial charge in [0.15, 0.2) is 5.82 Å². The normalized spacial score (nSPS) is 13.2. The molecule has 0 aliphatic heterocycles. The van der Waals surface area contributed by atoms with Crippen molar-refractivity contribution in [1.29, 1.82) is 0 Å². The summed E-state index contributed by atoms with van der Waals surface area (Å²) in [6.07, 6.45) is 0. The van der Waals surface area contributed by atoms with Gasteiger partial charge in [0.2, 0.25) is 11.1 Å². The van der Waals surface area contributed by atoms with Gasteiger partial charge in [-0.25, -0.2) is 4.68 Å². The second-order valence-corrected chi connectivity index (χ2v) is 10.0. The Kier molecular flexibility index (Phi) is 6.80. The lowest BCUT2D eigenvalue weighted by molar-refractivity contribution is -0.133. The quantitative estimate of drug-likeness (QED) is 0.581. The number of hydrogen-bond acceptors (Lipinski definition) is 5. The molecule has 0 saturated heterocycles. The van der Waals surface area contributed by atoms with Crippen LogP contribution in [0.4, 0.5) is 0 Å². The highest BCUT2D eigenvalue weighted by atomic mass is 32.2. The lowest BCUT2D eigenvalue weighted by Gasteiger charge is -2.32. The van der Waals surface area contributed by atoms with Crippen molar-refractivity contribution in [2.75, 3.05) is 5.84 Å². The van der Waals surface area contributed by atoms with Crippen LogP contribution in [0.2, 0.25) is 0 Å². The van der Waals surface area contributed by atoms with Crippen molar-refractivity contribution < 1.29 is 4.79 Å². The topological polar surface area (TPSA) is 77.0 Å². The van der Waals surface area contributed by atoms with Crippen LogP contribution in [-0.2, 0) is 10.2 Å². The van der Waals surface area contributed by atoms with Gasteiger partial charge in [0.05, 0.1) is 5.25 Å². The molecule has 1 atom stereocenters. The molecule has 1 amide bonds. The molecule has 1 heterocycles. The number of hydrogen-bond donors (Lipinski definition) is 1. The summed E-state index contributed by atoms with van der Waals surface area (Å²) in [7, 11) is 0. The highest BCUT2D eigenvalue weighted by Crippen LogP contribution is 2.28. The molecule has 0 bridgehead atoms.